The fourth-order valence-corrected chi connectivity index (χ4v) is 2.24. The van der Waals surface area contributed by atoms with E-state index >= 15 is 0 Å². The molecule has 156 valence electrons. The number of alkyl halides is 3. The average Bonchev–Trinajstić information content (AvgIpc) is 3.10. The van der Waals surface area contributed by atoms with Gasteiger partial charge in [-0.3, -0.25) is 0 Å². The molecule has 2 aromatic rings. The molecule has 0 fully saturated rings. The van der Waals surface area contributed by atoms with Crippen LogP contribution in [0.3, 0.4) is 0 Å². The van der Waals surface area contributed by atoms with Gasteiger partial charge in [-0.05, 0) is 13.0 Å². The van der Waals surface area contributed by atoms with Gasteiger partial charge >= 0.3 is 6.18 Å². The predicted molar refractivity (Wildman–Crippen MR) is 102 cm³/mol. The maximum atomic E-state index is 13.0. The van der Waals surface area contributed by atoms with E-state index in [1.165, 1.54) is 20.2 Å². The van der Waals surface area contributed by atoms with Crippen LogP contribution >= 0.6 is 11.6 Å². The number of aromatic nitrogens is 4. The second-order valence-electron chi connectivity index (χ2n) is 5.61. The van der Waals surface area contributed by atoms with Crippen LogP contribution in [-0.2, 0) is 10.9 Å². The Bertz CT molecular complexity index is 968. The summed E-state index contributed by atoms with van der Waals surface area (Å²) in [5, 5.41) is 13.0. The number of methoxy groups -OCH3 is 1. The summed E-state index contributed by atoms with van der Waals surface area (Å²) in [6.45, 7) is 6.96. The van der Waals surface area contributed by atoms with Gasteiger partial charge in [0.05, 0.1) is 17.7 Å². The van der Waals surface area contributed by atoms with Crippen LogP contribution in [0.25, 0.3) is 5.57 Å². The van der Waals surface area contributed by atoms with Gasteiger partial charge in [-0.2, -0.15) is 18.2 Å². The SMILES string of the molecule is C=C(OC)/C(=C\C(Cl)=C(/C)Nc1ncc(C(F)(F)F)c(NC)n1)c1nnc(C)o1. The third-order valence-corrected chi connectivity index (χ3v) is 3.96. The molecular weight excluding hydrogens is 413 g/mol. The quantitative estimate of drug-likeness (QED) is 0.494. The van der Waals surface area contributed by atoms with Gasteiger partial charge in [-0.25, -0.2) is 4.98 Å². The second kappa shape index (κ2) is 8.95. The monoisotopic (exact) mass is 430 g/mol. The number of nitrogens with one attached hydrogen (secondary N) is 2. The normalized spacial score (nSPS) is 13.0. The van der Waals surface area contributed by atoms with Gasteiger partial charge in [0, 0.05) is 25.9 Å². The summed E-state index contributed by atoms with van der Waals surface area (Å²) in [5.41, 5.74) is -0.293. The zero-order chi connectivity index (χ0) is 21.8. The van der Waals surface area contributed by atoms with Crippen LogP contribution in [0.4, 0.5) is 24.9 Å². The molecule has 0 bridgehead atoms. The highest BCUT2D eigenvalue weighted by Crippen LogP contribution is 2.33. The first kappa shape index (κ1) is 22.2. The maximum absolute atomic E-state index is 13.0. The number of ether oxygens (including phenoxy) is 1. The van der Waals surface area contributed by atoms with E-state index in [4.69, 9.17) is 20.8 Å². The van der Waals surface area contributed by atoms with Crippen LogP contribution in [0.15, 0.2) is 39.8 Å². The highest BCUT2D eigenvalue weighted by molar-refractivity contribution is 6.32. The highest BCUT2D eigenvalue weighted by atomic mass is 35.5. The lowest BCUT2D eigenvalue weighted by Gasteiger charge is -2.13. The predicted octanol–water partition coefficient (Wildman–Crippen LogP) is 4.35. The molecule has 29 heavy (non-hydrogen) atoms. The lowest BCUT2D eigenvalue weighted by molar-refractivity contribution is -0.137. The molecular formula is C17H18ClF3N6O2. The minimum atomic E-state index is -4.58. The minimum absolute atomic E-state index is 0.0767. The Morgan fingerprint density at radius 2 is 2.03 bits per heavy atom. The number of nitrogens with zero attached hydrogens (tertiary/aromatic N) is 4. The van der Waals surface area contributed by atoms with E-state index in [0.717, 1.165) is 0 Å². The first-order valence-electron chi connectivity index (χ1n) is 8.07. The summed E-state index contributed by atoms with van der Waals surface area (Å²) in [7, 11) is 2.74. The number of anilines is 2. The van der Waals surface area contributed by atoms with E-state index in [1.54, 1.807) is 13.8 Å². The maximum Gasteiger partial charge on any atom is 0.421 e. The van der Waals surface area contributed by atoms with E-state index < -0.39 is 11.7 Å². The average molecular weight is 431 g/mol. The van der Waals surface area contributed by atoms with Crippen LogP contribution < -0.4 is 10.6 Å². The number of hydrogen-bond acceptors (Lipinski definition) is 8. The summed E-state index contributed by atoms with van der Waals surface area (Å²) in [5.74, 6) is 0.255. The van der Waals surface area contributed by atoms with E-state index in [0.29, 0.717) is 23.4 Å². The van der Waals surface area contributed by atoms with Gasteiger partial charge in [0.15, 0.2) is 0 Å². The summed E-state index contributed by atoms with van der Waals surface area (Å²) < 4.78 is 49.4. The summed E-state index contributed by atoms with van der Waals surface area (Å²) in [4.78, 5) is 7.51. The van der Waals surface area contributed by atoms with Crippen molar-refractivity contribution in [3.8, 4) is 0 Å². The molecule has 0 aliphatic carbocycles. The number of rotatable bonds is 7. The van der Waals surface area contributed by atoms with Crippen molar-refractivity contribution >= 4 is 28.9 Å². The molecule has 0 atom stereocenters. The minimum Gasteiger partial charge on any atom is -0.497 e. The lowest BCUT2D eigenvalue weighted by atomic mass is 10.2. The fraction of sp³-hybridized carbons (Fsp3) is 0.294. The lowest BCUT2D eigenvalue weighted by Crippen LogP contribution is -2.13. The van der Waals surface area contributed by atoms with E-state index in [1.807, 2.05) is 0 Å². The Kier molecular flexibility index (Phi) is 6.85. The van der Waals surface area contributed by atoms with Gasteiger partial charge in [-0.15, -0.1) is 10.2 Å². The largest absolute Gasteiger partial charge is 0.497 e. The second-order valence-corrected chi connectivity index (χ2v) is 6.02. The molecule has 12 heteroatoms. The molecule has 2 heterocycles. The molecule has 0 saturated carbocycles. The van der Waals surface area contributed by atoms with Crippen LogP contribution in [0, 0.1) is 6.92 Å². The fourth-order valence-electron chi connectivity index (χ4n) is 2.08. The molecule has 0 spiro atoms. The smallest absolute Gasteiger partial charge is 0.421 e. The Hall–Kier alpha value is -3.08. The van der Waals surface area contributed by atoms with Crippen molar-refractivity contribution in [2.75, 3.05) is 24.8 Å². The molecule has 2 N–H and O–H groups in total. The van der Waals surface area contributed by atoms with Gasteiger partial charge < -0.3 is 19.8 Å². The Morgan fingerprint density at radius 1 is 1.34 bits per heavy atom. The van der Waals surface area contributed by atoms with Crippen LogP contribution in [0.1, 0.15) is 24.3 Å². The number of hydrogen-bond donors (Lipinski definition) is 2. The van der Waals surface area contributed by atoms with Crippen LogP contribution in [0.5, 0.6) is 0 Å². The van der Waals surface area contributed by atoms with Crippen molar-refractivity contribution < 1.29 is 22.3 Å². The van der Waals surface area contributed by atoms with Crippen molar-refractivity contribution in [3.05, 3.63) is 52.7 Å². The van der Waals surface area contributed by atoms with Gasteiger partial charge in [0.2, 0.25) is 11.8 Å². The molecule has 0 radical (unpaired) electrons. The summed E-state index contributed by atoms with van der Waals surface area (Å²) >= 11 is 6.31. The Morgan fingerprint density at radius 3 is 2.55 bits per heavy atom. The molecule has 0 aromatic carbocycles. The standard InChI is InChI=1S/C17H18ClF3N6O2/c1-8(24-16-23-7-12(17(19,20)21)14(22-4)25-16)13(18)6-11(9(2)28-5)15-27-26-10(3)29-15/h6-7H,2H2,1,3-5H3,(H2,22,23,24,25)/b11-6+,13-8-. The topological polar surface area (TPSA) is 98.0 Å². The highest BCUT2D eigenvalue weighted by Gasteiger charge is 2.35. The Balaban J connectivity index is 2.37. The number of halogens is 4. The Labute approximate surface area is 169 Å². The van der Waals surface area contributed by atoms with Crippen LogP contribution in [-0.4, -0.2) is 34.3 Å². The summed E-state index contributed by atoms with van der Waals surface area (Å²) in [6.07, 6.45) is -2.44. The molecule has 2 rings (SSSR count). The van der Waals surface area contributed by atoms with E-state index in [2.05, 4.69) is 37.4 Å². The van der Waals surface area contributed by atoms with Gasteiger partial charge in [0.25, 0.3) is 5.89 Å². The zero-order valence-electron chi connectivity index (χ0n) is 16.0. The third kappa shape index (κ3) is 5.47. The molecule has 0 aliphatic heterocycles. The van der Waals surface area contributed by atoms with Crippen molar-refractivity contribution in [1.29, 1.82) is 0 Å². The van der Waals surface area contributed by atoms with Crippen LogP contribution in [0.2, 0.25) is 0 Å². The molecule has 0 amide bonds. The first-order valence-corrected chi connectivity index (χ1v) is 8.45. The van der Waals surface area contributed by atoms with Gasteiger partial charge in [-0.1, -0.05) is 18.2 Å². The molecule has 8 nitrogen and oxygen atoms in total. The number of aryl methyl sites for hydroxylation is 1. The molecule has 0 aliphatic rings. The zero-order valence-corrected chi connectivity index (χ0v) is 16.7. The van der Waals surface area contributed by atoms with Crippen molar-refractivity contribution in [2.24, 2.45) is 0 Å². The van der Waals surface area contributed by atoms with Crippen molar-refractivity contribution in [1.82, 2.24) is 20.2 Å². The number of allylic oxidation sites excluding steroid dienone is 4. The first-order chi connectivity index (χ1) is 13.6. The molecule has 0 unspecified atom stereocenters. The third-order valence-electron chi connectivity index (χ3n) is 3.56. The van der Waals surface area contributed by atoms with Gasteiger partial charge in [0.1, 0.15) is 17.1 Å². The van der Waals surface area contributed by atoms with Crippen molar-refractivity contribution in [2.45, 2.75) is 20.0 Å². The van der Waals surface area contributed by atoms with E-state index in [-0.39, 0.29) is 28.4 Å². The molecule has 2 aromatic heterocycles. The molecule has 0 saturated heterocycles. The van der Waals surface area contributed by atoms with E-state index in [9.17, 15) is 13.2 Å². The van der Waals surface area contributed by atoms with Crippen molar-refractivity contribution in [3.63, 3.8) is 0 Å². The summed E-state index contributed by atoms with van der Waals surface area (Å²) in [6, 6.07) is 0.